The Morgan fingerprint density at radius 1 is 1.29 bits per heavy atom. The van der Waals surface area contributed by atoms with Gasteiger partial charge >= 0.3 is 0 Å². The zero-order chi connectivity index (χ0) is 15.3. The van der Waals surface area contributed by atoms with Crippen molar-refractivity contribution in [1.82, 2.24) is 9.88 Å². The van der Waals surface area contributed by atoms with E-state index in [-0.39, 0.29) is 5.41 Å². The van der Waals surface area contributed by atoms with Gasteiger partial charge in [-0.2, -0.15) is 0 Å². The van der Waals surface area contributed by atoms with E-state index >= 15 is 0 Å². The fourth-order valence-electron chi connectivity index (χ4n) is 2.20. The first-order valence-electron chi connectivity index (χ1n) is 7.50. The van der Waals surface area contributed by atoms with Crippen LogP contribution in [0.2, 0.25) is 5.02 Å². The van der Waals surface area contributed by atoms with Crippen molar-refractivity contribution in [2.45, 2.75) is 32.8 Å². The monoisotopic (exact) mass is 312 g/mol. The third-order valence-corrected chi connectivity index (χ3v) is 3.74. The molecule has 0 N–H and O–H groups in total. The van der Waals surface area contributed by atoms with Gasteiger partial charge in [0.2, 0.25) is 0 Å². The van der Waals surface area contributed by atoms with Crippen LogP contribution in [0.1, 0.15) is 32.2 Å². The lowest BCUT2D eigenvalue weighted by molar-refractivity contribution is 0.0176. The first kappa shape index (κ1) is 16.7. The second-order valence-electron chi connectivity index (χ2n) is 6.42. The Morgan fingerprint density at radius 2 is 2.00 bits per heavy atom. The quantitative estimate of drug-likeness (QED) is 0.783. The molecule has 1 aliphatic heterocycles. The van der Waals surface area contributed by atoms with Crippen molar-refractivity contribution in [1.29, 1.82) is 0 Å². The van der Waals surface area contributed by atoms with Crippen molar-refractivity contribution >= 4 is 11.6 Å². The predicted octanol–water partition coefficient (Wildman–Crippen LogP) is 2.88. The maximum absolute atomic E-state index is 6.17. The number of pyridine rings is 1. The molecule has 1 aromatic rings. The van der Waals surface area contributed by atoms with Crippen LogP contribution in [0.15, 0.2) is 12.1 Å². The van der Waals surface area contributed by atoms with Crippen LogP contribution in [-0.2, 0) is 21.5 Å². The third kappa shape index (κ3) is 5.55. The van der Waals surface area contributed by atoms with Gasteiger partial charge in [0.05, 0.1) is 32.1 Å². The molecule has 1 aromatic heterocycles. The van der Waals surface area contributed by atoms with Gasteiger partial charge in [-0.1, -0.05) is 32.4 Å². The molecule has 118 valence electrons. The highest BCUT2D eigenvalue weighted by atomic mass is 35.5. The Labute approximate surface area is 132 Å². The van der Waals surface area contributed by atoms with E-state index in [0.29, 0.717) is 13.2 Å². The lowest BCUT2D eigenvalue weighted by Crippen LogP contribution is -2.38. The molecule has 2 rings (SSSR count). The number of hydrogen-bond donors (Lipinski definition) is 0. The molecule has 4 nitrogen and oxygen atoms in total. The van der Waals surface area contributed by atoms with Crippen LogP contribution in [0.5, 0.6) is 0 Å². The standard InChI is InChI=1S/C16H25ClN2O2/c1-16(2,3)15-11-13(17)10-14(18-15)12-21-9-6-19-4-7-20-8-5-19/h10-11H,4-9,12H2,1-3H3. The zero-order valence-electron chi connectivity index (χ0n) is 13.2. The van der Waals surface area contributed by atoms with Crippen molar-refractivity contribution < 1.29 is 9.47 Å². The number of ether oxygens (including phenoxy) is 2. The van der Waals surface area contributed by atoms with E-state index in [1.54, 1.807) is 0 Å². The highest BCUT2D eigenvalue weighted by Gasteiger charge is 2.17. The van der Waals surface area contributed by atoms with Crippen LogP contribution >= 0.6 is 11.6 Å². The summed E-state index contributed by atoms with van der Waals surface area (Å²) in [6.07, 6.45) is 0. The summed E-state index contributed by atoms with van der Waals surface area (Å²) in [5, 5.41) is 0.724. The van der Waals surface area contributed by atoms with E-state index in [9.17, 15) is 0 Å². The molecule has 0 amide bonds. The van der Waals surface area contributed by atoms with Crippen molar-refractivity contribution in [2.75, 3.05) is 39.5 Å². The molecule has 0 bridgehead atoms. The summed E-state index contributed by atoms with van der Waals surface area (Å²) in [5.74, 6) is 0. The van der Waals surface area contributed by atoms with Gasteiger partial charge in [-0.15, -0.1) is 0 Å². The molecule has 21 heavy (non-hydrogen) atoms. The van der Waals surface area contributed by atoms with Gasteiger partial charge in [-0.05, 0) is 12.1 Å². The molecule has 2 heterocycles. The summed E-state index contributed by atoms with van der Waals surface area (Å²) in [5.41, 5.74) is 1.89. The summed E-state index contributed by atoms with van der Waals surface area (Å²) < 4.78 is 11.1. The van der Waals surface area contributed by atoms with Gasteiger partial charge in [0.15, 0.2) is 0 Å². The first-order valence-corrected chi connectivity index (χ1v) is 7.88. The first-order chi connectivity index (χ1) is 9.95. The van der Waals surface area contributed by atoms with E-state index in [2.05, 4.69) is 30.7 Å². The fourth-order valence-corrected chi connectivity index (χ4v) is 2.43. The van der Waals surface area contributed by atoms with Gasteiger partial charge < -0.3 is 9.47 Å². The maximum Gasteiger partial charge on any atom is 0.0889 e. The van der Waals surface area contributed by atoms with Gasteiger partial charge in [0.1, 0.15) is 0 Å². The number of rotatable bonds is 5. The van der Waals surface area contributed by atoms with E-state index in [1.165, 1.54) is 0 Å². The average molecular weight is 313 g/mol. The summed E-state index contributed by atoms with van der Waals surface area (Å²) in [6.45, 7) is 12.2. The molecule has 5 heteroatoms. The van der Waals surface area contributed by atoms with Crippen LogP contribution in [0.25, 0.3) is 0 Å². The Balaban J connectivity index is 1.81. The number of nitrogens with zero attached hydrogens (tertiary/aromatic N) is 2. The normalized spacial score (nSPS) is 17.1. The smallest absolute Gasteiger partial charge is 0.0889 e. The van der Waals surface area contributed by atoms with E-state index in [1.807, 2.05) is 12.1 Å². The summed E-state index contributed by atoms with van der Waals surface area (Å²) >= 11 is 6.17. The lowest BCUT2D eigenvalue weighted by Gasteiger charge is -2.26. The summed E-state index contributed by atoms with van der Waals surface area (Å²) in [4.78, 5) is 7.00. The molecule has 0 aliphatic carbocycles. The molecule has 0 radical (unpaired) electrons. The van der Waals surface area contributed by atoms with Gasteiger partial charge in [0.25, 0.3) is 0 Å². The minimum Gasteiger partial charge on any atom is -0.379 e. The average Bonchev–Trinajstić information content (AvgIpc) is 2.43. The Kier molecular flexibility index (Phi) is 5.99. The molecule has 1 saturated heterocycles. The van der Waals surface area contributed by atoms with E-state index in [0.717, 1.165) is 49.3 Å². The van der Waals surface area contributed by atoms with Crippen LogP contribution < -0.4 is 0 Å². The van der Waals surface area contributed by atoms with Gasteiger partial charge in [-0.25, -0.2) is 0 Å². The summed E-state index contributed by atoms with van der Waals surface area (Å²) in [6, 6.07) is 3.81. The molecular formula is C16H25ClN2O2. The van der Waals surface area contributed by atoms with Gasteiger partial charge in [-0.3, -0.25) is 9.88 Å². The molecule has 1 aliphatic rings. The van der Waals surface area contributed by atoms with E-state index < -0.39 is 0 Å². The minimum atomic E-state index is -0.00650. The molecule has 0 unspecified atom stereocenters. The lowest BCUT2D eigenvalue weighted by atomic mass is 9.91. The summed E-state index contributed by atoms with van der Waals surface area (Å²) in [7, 11) is 0. The zero-order valence-corrected chi connectivity index (χ0v) is 13.9. The second-order valence-corrected chi connectivity index (χ2v) is 6.85. The van der Waals surface area contributed by atoms with Crippen LogP contribution in [0.3, 0.4) is 0 Å². The Bertz CT molecular complexity index is 454. The SMILES string of the molecule is CC(C)(C)c1cc(Cl)cc(COCCN2CCOCC2)n1. The van der Waals surface area contributed by atoms with Crippen molar-refractivity contribution in [3.8, 4) is 0 Å². The van der Waals surface area contributed by atoms with Gasteiger partial charge in [0, 0.05) is 35.8 Å². The minimum absolute atomic E-state index is 0.00650. The third-order valence-electron chi connectivity index (χ3n) is 3.52. The topological polar surface area (TPSA) is 34.6 Å². The van der Waals surface area contributed by atoms with Crippen molar-refractivity contribution in [3.63, 3.8) is 0 Å². The molecule has 0 atom stereocenters. The fraction of sp³-hybridized carbons (Fsp3) is 0.688. The molecule has 0 spiro atoms. The Hall–Kier alpha value is -0.680. The molecular weight excluding hydrogens is 288 g/mol. The van der Waals surface area contributed by atoms with E-state index in [4.69, 9.17) is 21.1 Å². The predicted molar refractivity (Wildman–Crippen MR) is 84.9 cm³/mol. The number of hydrogen-bond acceptors (Lipinski definition) is 4. The maximum atomic E-state index is 6.17. The van der Waals surface area contributed by atoms with Crippen LogP contribution in [0.4, 0.5) is 0 Å². The van der Waals surface area contributed by atoms with Crippen LogP contribution in [0, 0.1) is 0 Å². The van der Waals surface area contributed by atoms with Crippen molar-refractivity contribution in [2.24, 2.45) is 0 Å². The molecule has 0 aromatic carbocycles. The number of halogens is 1. The largest absolute Gasteiger partial charge is 0.379 e. The number of morpholine rings is 1. The van der Waals surface area contributed by atoms with Crippen LogP contribution in [-0.4, -0.2) is 49.3 Å². The molecule has 1 fully saturated rings. The number of aromatic nitrogens is 1. The van der Waals surface area contributed by atoms with Crippen molar-refractivity contribution in [3.05, 3.63) is 28.5 Å². The highest BCUT2D eigenvalue weighted by Crippen LogP contribution is 2.24. The Morgan fingerprint density at radius 3 is 2.67 bits per heavy atom. The second kappa shape index (κ2) is 7.54. The molecule has 0 saturated carbocycles. The highest BCUT2D eigenvalue weighted by molar-refractivity contribution is 6.30.